The third-order valence-corrected chi connectivity index (χ3v) is 6.37. The summed E-state index contributed by atoms with van der Waals surface area (Å²) in [5, 5.41) is 7.95. The third kappa shape index (κ3) is 31.1. The molecule has 0 aromatic rings. The number of aldehydes is 1. The molecular weight excluding hydrogens is 475 g/mol. The van der Waals surface area contributed by atoms with Crippen LogP contribution in [0.3, 0.4) is 0 Å². The molecule has 0 aliphatic carbocycles. The van der Waals surface area contributed by atoms with Crippen molar-refractivity contribution in [2.75, 3.05) is 6.61 Å². The van der Waals surface area contributed by atoms with Gasteiger partial charge in [-0.15, -0.1) is 0 Å². The highest BCUT2D eigenvalue weighted by Gasteiger charge is 2.12. The van der Waals surface area contributed by atoms with E-state index in [2.05, 4.69) is 85.9 Å². The summed E-state index contributed by atoms with van der Waals surface area (Å²) in [5.74, 6) is 1.80. The van der Waals surface area contributed by atoms with Gasteiger partial charge in [-0.2, -0.15) is 0 Å². The van der Waals surface area contributed by atoms with Crippen LogP contribution in [0, 0.1) is 11.3 Å². The largest absolute Gasteiger partial charge is 0.477 e. The molecule has 4 nitrogen and oxygen atoms in total. The molecule has 1 N–H and O–H groups in total. The molecule has 0 fully saturated rings. The number of unbranched alkanes of at least 4 members (excludes halogenated alkanes) is 8. The van der Waals surface area contributed by atoms with Crippen molar-refractivity contribution in [2.24, 2.45) is 10.3 Å². The van der Waals surface area contributed by atoms with Crippen molar-refractivity contribution >= 4 is 38.0 Å². The molecule has 0 aromatic heterocycles. The van der Waals surface area contributed by atoms with Crippen LogP contribution in [-0.4, -0.2) is 31.8 Å². The van der Waals surface area contributed by atoms with Crippen molar-refractivity contribution < 1.29 is 9.53 Å². The first-order valence-electron chi connectivity index (χ1n) is 15.2. The Kier molecular flexibility index (Phi) is 43.2. The van der Waals surface area contributed by atoms with Crippen LogP contribution in [-0.2, 0) is 9.53 Å². The first kappa shape index (κ1) is 43.0. The van der Waals surface area contributed by atoms with Crippen LogP contribution in [0.4, 0.5) is 0 Å². The van der Waals surface area contributed by atoms with Crippen LogP contribution >= 0.6 is 12.8 Å². The van der Waals surface area contributed by atoms with E-state index in [1.165, 1.54) is 38.5 Å². The Morgan fingerprint density at radius 1 is 0.919 bits per heavy atom. The molecule has 0 bridgehead atoms. The second-order valence-corrected chi connectivity index (χ2v) is 9.35. The molecule has 37 heavy (non-hydrogen) atoms. The van der Waals surface area contributed by atoms with Crippen molar-refractivity contribution in [1.29, 1.82) is 5.41 Å². The topological polar surface area (TPSA) is 62.5 Å². The van der Waals surface area contributed by atoms with Gasteiger partial charge >= 0.3 is 0 Å². The summed E-state index contributed by atoms with van der Waals surface area (Å²) < 4.78 is 9.39. The summed E-state index contributed by atoms with van der Waals surface area (Å²) in [5.41, 5.74) is 1.63. The van der Waals surface area contributed by atoms with Crippen LogP contribution in [0.25, 0.3) is 0 Å². The molecule has 0 saturated heterocycles. The van der Waals surface area contributed by atoms with Crippen LogP contribution in [0.2, 0.25) is 12.6 Å². The molecular formula is C31H64BN2O2S. The van der Waals surface area contributed by atoms with Crippen LogP contribution in [0.15, 0.2) is 16.0 Å². The minimum absolute atomic E-state index is 0.149. The van der Waals surface area contributed by atoms with Crippen molar-refractivity contribution in [3.63, 3.8) is 0 Å². The number of ether oxygens (including phenoxy) is 1. The standard InChI is InChI=1S/C15H28N2OS.C7H16B.C7H14O.C2H6/c1-4-7-9-10-12-18-15(16)14(17-19)13(6-3)11-8-5-2;1-5-6(2)7(3)8-4;1-2-3-4-5-6-7-8;1-2/h11,16,19H,4-10,12H2,1-3H3;6-7H,5H2,1-4H3;7H,2-6H2,1H3;1-2H3/b13-11+,16-15?,17-14-;;;. The Balaban J connectivity index is -0.000000249. The number of carbonyl (C=O) groups is 1. The van der Waals surface area contributed by atoms with Crippen LogP contribution < -0.4 is 0 Å². The Hall–Kier alpha value is -1.04. The minimum atomic E-state index is 0.149. The van der Waals surface area contributed by atoms with Gasteiger partial charge in [0.2, 0.25) is 5.90 Å². The average molecular weight is 540 g/mol. The summed E-state index contributed by atoms with van der Waals surface area (Å²) in [6, 6.07) is 0. The lowest BCUT2D eigenvalue weighted by atomic mass is 9.62. The van der Waals surface area contributed by atoms with Gasteiger partial charge in [0, 0.05) is 6.42 Å². The number of allylic oxidation sites excluding steroid dienone is 1. The first-order valence-corrected chi connectivity index (χ1v) is 15.6. The molecule has 0 amide bonds. The van der Waals surface area contributed by atoms with E-state index in [1.807, 2.05) is 13.8 Å². The predicted molar refractivity (Wildman–Crippen MR) is 174 cm³/mol. The first-order chi connectivity index (χ1) is 17.8. The number of hydrogen-bond acceptors (Lipinski definition) is 5. The van der Waals surface area contributed by atoms with Crippen molar-refractivity contribution in [3.8, 4) is 0 Å². The van der Waals surface area contributed by atoms with E-state index in [0.29, 0.717) is 12.3 Å². The molecule has 0 aromatic carbocycles. The molecule has 1 radical (unpaired) electrons. The number of carbonyl (C=O) groups excluding carboxylic acids is 1. The van der Waals surface area contributed by atoms with Gasteiger partial charge in [-0.25, -0.2) is 4.40 Å². The third-order valence-electron chi connectivity index (χ3n) is 6.17. The molecule has 2 unspecified atom stereocenters. The molecule has 0 aliphatic rings. The quantitative estimate of drug-likeness (QED) is 0.0454. The van der Waals surface area contributed by atoms with Gasteiger partial charge < -0.3 is 9.53 Å². The maximum atomic E-state index is 9.77. The zero-order valence-corrected chi connectivity index (χ0v) is 27.4. The van der Waals surface area contributed by atoms with Gasteiger partial charge in [0.25, 0.3) is 0 Å². The van der Waals surface area contributed by atoms with Gasteiger partial charge in [0.15, 0.2) is 0 Å². The average Bonchev–Trinajstić information content (AvgIpc) is 2.94. The number of thiol groups is 1. The second-order valence-electron chi connectivity index (χ2n) is 9.15. The molecule has 0 rings (SSSR count). The van der Waals surface area contributed by atoms with Crippen molar-refractivity contribution in [3.05, 3.63) is 11.6 Å². The molecule has 2 atom stereocenters. The Morgan fingerprint density at radius 2 is 1.49 bits per heavy atom. The summed E-state index contributed by atoms with van der Waals surface area (Å²) in [4.78, 5) is 9.77. The van der Waals surface area contributed by atoms with E-state index in [4.69, 9.17) is 10.1 Å². The monoisotopic (exact) mass is 539 g/mol. The van der Waals surface area contributed by atoms with E-state index >= 15 is 0 Å². The fourth-order valence-corrected chi connectivity index (χ4v) is 3.33. The fraction of sp³-hybridized carbons (Fsp3) is 0.839. The lowest BCUT2D eigenvalue weighted by molar-refractivity contribution is -0.107. The highest BCUT2D eigenvalue weighted by molar-refractivity contribution is 7.79. The van der Waals surface area contributed by atoms with E-state index in [9.17, 15) is 4.79 Å². The van der Waals surface area contributed by atoms with E-state index < -0.39 is 0 Å². The maximum absolute atomic E-state index is 9.77. The zero-order chi connectivity index (χ0) is 29.3. The SMILES string of the molecule is CC.CCC/C=C(CC)/C(=N/S)C(=N)OCCCCCC.CCCCCCC=O.C[B]C(C)C(C)CC. The second kappa shape index (κ2) is 37.1. The summed E-state index contributed by atoms with van der Waals surface area (Å²) in [6.45, 7) is 22.1. The Bertz CT molecular complexity index is 531. The highest BCUT2D eigenvalue weighted by Crippen LogP contribution is 2.18. The number of hydrogen-bond donors (Lipinski definition) is 2. The summed E-state index contributed by atoms with van der Waals surface area (Å²) in [6.07, 6.45) is 17.5. The van der Waals surface area contributed by atoms with E-state index in [1.54, 1.807) is 0 Å². The van der Waals surface area contributed by atoms with Crippen LogP contribution in [0.1, 0.15) is 146 Å². The van der Waals surface area contributed by atoms with Gasteiger partial charge in [-0.1, -0.05) is 132 Å². The Labute approximate surface area is 239 Å². The molecule has 0 heterocycles. The molecule has 6 heteroatoms. The van der Waals surface area contributed by atoms with Gasteiger partial charge in [0.1, 0.15) is 19.3 Å². The number of nitrogens with one attached hydrogen (secondary N) is 1. The van der Waals surface area contributed by atoms with Gasteiger partial charge in [-0.3, -0.25) is 5.41 Å². The normalized spacial score (nSPS) is 12.4. The van der Waals surface area contributed by atoms with E-state index in [0.717, 1.165) is 68.5 Å². The summed E-state index contributed by atoms with van der Waals surface area (Å²) >= 11 is 3.98. The van der Waals surface area contributed by atoms with Crippen LogP contribution in [0.5, 0.6) is 0 Å². The molecule has 0 spiro atoms. The molecule has 0 aliphatic heterocycles. The fourth-order valence-electron chi connectivity index (χ4n) is 3.11. The predicted octanol–water partition coefficient (Wildman–Crippen LogP) is 10.8. The smallest absolute Gasteiger partial charge is 0.233 e. The van der Waals surface area contributed by atoms with Gasteiger partial charge in [-0.05, 0) is 50.0 Å². The Morgan fingerprint density at radius 3 is 1.86 bits per heavy atom. The lowest BCUT2D eigenvalue weighted by Crippen LogP contribution is -2.19. The summed E-state index contributed by atoms with van der Waals surface area (Å²) in [7, 11) is 2.27. The lowest BCUT2D eigenvalue weighted by Gasteiger charge is -2.14. The zero-order valence-electron chi connectivity index (χ0n) is 26.5. The van der Waals surface area contributed by atoms with E-state index in [-0.39, 0.29) is 5.90 Å². The van der Waals surface area contributed by atoms with Crippen molar-refractivity contribution in [1.82, 2.24) is 0 Å². The molecule has 0 saturated carbocycles. The maximum Gasteiger partial charge on any atom is 0.233 e. The molecule has 219 valence electrons. The highest BCUT2D eigenvalue weighted by atomic mass is 32.1. The minimum Gasteiger partial charge on any atom is -0.477 e. The van der Waals surface area contributed by atoms with Gasteiger partial charge in [0.05, 0.1) is 6.61 Å². The number of rotatable bonds is 18. The van der Waals surface area contributed by atoms with Crippen molar-refractivity contribution in [2.45, 2.75) is 158 Å². The number of nitrogens with zero attached hydrogens (tertiary/aromatic N) is 1.